The van der Waals surface area contributed by atoms with Crippen molar-refractivity contribution in [2.45, 2.75) is 13.3 Å². The van der Waals surface area contributed by atoms with E-state index in [-0.39, 0.29) is 5.91 Å². The number of amides is 1. The smallest absolute Gasteiger partial charge is 0.224 e. The number of likely N-dealkylation sites (N-methyl/N-ethyl adjacent to an activating group) is 1. The lowest BCUT2D eigenvalue weighted by Gasteiger charge is -2.34. The minimum atomic E-state index is -0.0209. The molecule has 0 unspecified atom stereocenters. The van der Waals surface area contributed by atoms with E-state index in [1.54, 1.807) is 0 Å². The van der Waals surface area contributed by atoms with E-state index in [4.69, 9.17) is 4.98 Å². The fraction of sp³-hybridized carbons (Fsp3) is 0.292. The van der Waals surface area contributed by atoms with Crippen LogP contribution in [-0.4, -0.2) is 64.2 Å². The average Bonchev–Trinajstić information content (AvgIpc) is 3.49. The number of nitrogens with one attached hydrogen (secondary N) is 3. The van der Waals surface area contributed by atoms with Gasteiger partial charge in [0, 0.05) is 78.8 Å². The predicted octanol–water partition coefficient (Wildman–Crippen LogP) is 3.72. The Morgan fingerprint density at radius 2 is 1.94 bits per heavy atom. The largest absolute Gasteiger partial charge is 0.360 e. The van der Waals surface area contributed by atoms with Crippen LogP contribution in [0.1, 0.15) is 13.3 Å². The number of carbonyl (C=O) groups is 1. The summed E-state index contributed by atoms with van der Waals surface area (Å²) >= 11 is 0. The third-order valence-electron chi connectivity index (χ3n) is 6.13. The number of benzene rings is 1. The van der Waals surface area contributed by atoms with Crippen molar-refractivity contribution in [2.75, 3.05) is 43.4 Å². The van der Waals surface area contributed by atoms with Gasteiger partial charge in [-0.2, -0.15) is 5.10 Å². The number of rotatable bonds is 5. The third kappa shape index (κ3) is 3.62. The summed E-state index contributed by atoms with van der Waals surface area (Å²) in [6.07, 6.45) is 7.96. The summed E-state index contributed by atoms with van der Waals surface area (Å²) in [6.45, 7) is 5.54. The molecule has 0 atom stereocenters. The maximum absolute atomic E-state index is 12.5. The van der Waals surface area contributed by atoms with Crippen LogP contribution in [0.15, 0.2) is 49.1 Å². The average molecular weight is 430 g/mol. The van der Waals surface area contributed by atoms with Crippen LogP contribution in [0.2, 0.25) is 0 Å². The molecule has 8 heteroatoms. The first-order chi connectivity index (χ1) is 15.7. The molecule has 0 saturated carbocycles. The van der Waals surface area contributed by atoms with Crippen molar-refractivity contribution in [3.8, 4) is 22.3 Å². The van der Waals surface area contributed by atoms with Gasteiger partial charge in [-0.3, -0.25) is 9.89 Å². The lowest BCUT2D eigenvalue weighted by Crippen LogP contribution is -2.45. The predicted molar refractivity (Wildman–Crippen MR) is 128 cm³/mol. The third-order valence-corrected chi connectivity index (χ3v) is 6.13. The minimum absolute atomic E-state index is 0.0209. The molecule has 3 N–H and O–H groups in total. The van der Waals surface area contributed by atoms with E-state index >= 15 is 0 Å². The first-order valence-corrected chi connectivity index (χ1v) is 11.0. The van der Waals surface area contributed by atoms with Gasteiger partial charge in [-0.05, 0) is 13.1 Å². The summed E-state index contributed by atoms with van der Waals surface area (Å²) in [5.41, 5.74) is 5.90. The number of fused-ring (bicyclic) bond motifs is 1. The maximum atomic E-state index is 12.5. The molecule has 0 radical (unpaired) electrons. The molecule has 32 heavy (non-hydrogen) atoms. The fourth-order valence-electron chi connectivity index (χ4n) is 4.30. The van der Waals surface area contributed by atoms with Crippen LogP contribution in [0.4, 0.5) is 11.5 Å². The molecule has 0 bridgehead atoms. The zero-order valence-electron chi connectivity index (χ0n) is 18.4. The van der Waals surface area contributed by atoms with E-state index in [1.807, 2.05) is 37.8 Å². The van der Waals surface area contributed by atoms with Gasteiger partial charge in [-0.25, -0.2) is 4.98 Å². The van der Waals surface area contributed by atoms with Crippen LogP contribution in [-0.2, 0) is 4.79 Å². The topological polar surface area (TPSA) is 92.9 Å². The molecule has 164 valence electrons. The molecular formula is C24H27N7O. The number of nitrogens with zero attached hydrogens (tertiary/aromatic N) is 4. The molecule has 1 saturated heterocycles. The summed E-state index contributed by atoms with van der Waals surface area (Å²) in [7, 11) is 2.13. The Balaban J connectivity index is 1.65. The summed E-state index contributed by atoms with van der Waals surface area (Å²) in [4.78, 5) is 25.2. The van der Waals surface area contributed by atoms with Crippen molar-refractivity contribution < 1.29 is 4.79 Å². The second-order valence-electron chi connectivity index (χ2n) is 8.17. The number of hydrogen-bond acceptors (Lipinski definition) is 5. The highest BCUT2D eigenvalue weighted by Crippen LogP contribution is 2.40. The van der Waals surface area contributed by atoms with Crippen LogP contribution in [0.3, 0.4) is 0 Å². The second-order valence-corrected chi connectivity index (χ2v) is 8.17. The number of para-hydroxylation sites is 1. The minimum Gasteiger partial charge on any atom is -0.360 e. The lowest BCUT2D eigenvalue weighted by atomic mass is 9.99. The van der Waals surface area contributed by atoms with E-state index in [9.17, 15) is 4.79 Å². The van der Waals surface area contributed by atoms with E-state index in [0.717, 1.165) is 70.8 Å². The Labute approximate surface area is 186 Å². The number of piperazine rings is 1. The Hall–Kier alpha value is -3.65. The van der Waals surface area contributed by atoms with Crippen LogP contribution in [0, 0.1) is 0 Å². The monoisotopic (exact) mass is 429 g/mol. The number of aromatic amines is 2. The van der Waals surface area contributed by atoms with Crippen molar-refractivity contribution in [3.05, 3.63) is 49.1 Å². The Morgan fingerprint density at radius 1 is 1.09 bits per heavy atom. The molecule has 8 nitrogen and oxygen atoms in total. The van der Waals surface area contributed by atoms with Crippen LogP contribution in [0.25, 0.3) is 33.2 Å². The SMILES string of the molecule is CCC(=O)Nc1c(-c2cccc3c(-c4cn[nH]c4)c[nH]c23)ccnc1N1CCN(C)CC1. The van der Waals surface area contributed by atoms with Crippen molar-refractivity contribution in [1.29, 1.82) is 0 Å². The standard InChI is InChI=1S/C24H27N7O/c1-3-21(32)29-23-19(7-8-25-24(23)31-11-9-30(2)10-12-31)17-5-4-6-18-20(15-26-22(17)18)16-13-27-28-14-16/h4-8,13-15,26H,3,9-12H2,1-2H3,(H,27,28)(H,29,32). The fourth-order valence-corrected chi connectivity index (χ4v) is 4.30. The number of aromatic nitrogens is 4. The molecule has 5 rings (SSSR count). The maximum Gasteiger partial charge on any atom is 0.224 e. The van der Waals surface area contributed by atoms with Crippen molar-refractivity contribution in [1.82, 2.24) is 25.1 Å². The molecule has 1 fully saturated rings. The molecule has 1 aromatic carbocycles. The summed E-state index contributed by atoms with van der Waals surface area (Å²) < 4.78 is 0. The van der Waals surface area contributed by atoms with E-state index in [1.165, 1.54) is 0 Å². The van der Waals surface area contributed by atoms with Crippen LogP contribution < -0.4 is 10.2 Å². The van der Waals surface area contributed by atoms with Gasteiger partial charge in [0.2, 0.25) is 5.91 Å². The zero-order chi connectivity index (χ0) is 22.1. The molecule has 0 spiro atoms. The van der Waals surface area contributed by atoms with Gasteiger partial charge in [0.1, 0.15) is 0 Å². The zero-order valence-corrected chi connectivity index (χ0v) is 18.4. The summed E-state index contributed by atoms with van der Waals surface area (Å²) in [5, 5.41) is 11.2. The molecule has 1 aliphatic heterocycles. The summed E-state index contributed by atoms with van der Waals surface area (Å²) in [6, 6.07) is 8.22. The van der Waals surface area contributed by atoms with Gasteiger partial charge in [-0.1, -0.05) is 25.1 Å². The molecule has 3 aromatic heterocycles. The lowest BCUT2D eigenvalue weighted by molar-refractivity contribution is -0.115. The van der Waals surface area contributed by atoms with Gasteiger partial charge in [0.15, 0.2) is 5.82 Å². The van der Waals surface area contributed by atoms with Crippen LogP contribution >= 0.6 is 0 Å². The number of pyridine rings is 1. The highest BCUT2D eigenvalue weighted by atomic mass is 16.1. The van der Waals surface area contributed by atoms with Gasteiger partial charge in [0.25, 0.3) is 0 Å². The van der Waals surface area contributed by atoms with Crippen LogP contribution in [0.5, 0.6) is 0 Å². The molecule has 4 aromatic rings. The number of anilines is 2. The van der Waals surface area contributed by atoms with Gasteiger partial charge >= 0.3 is 0 Å². The van der Waals surface area contributed by atoms with Crippen molar-refractivity contribution >= 4 is 28.3 Å². The van der Waals surface area contributed by atoms with E-state index in [2.05, 4.69) is 55.5 Å². The number of H-pyrrole nitrogens is 2. The van der Waals surface area contributed by atoms with Gasteiger partial charge in [-0.15, -0.1) is 0 Å². The quantitative estimate of drug-likeness (QED) is 0.450. The Morgan fingerprint density at radius 3 is 2.69 bits per heavy atom. The molecule has 0 aliphatic carbocycles. The van der Waals surface area contributed by atoms with Gasteiger partial charge < -0.3 is 20.1 Å². The number of carbonyl (C=O) groups excluding carboxylic acids is 1. The first-order valence-electron chi connectivity index (χ1n) is 11.0. The molecule has 4 heterocycles. The van der Waals surface area contributed by atoms with E-state index in [0.29, 0.717) is 6.42 Å². The first kappa shape index (κ1) is 20.3. The highest BCUT2D eigenvalue weighted by molar-refractivity contribution is 6.07. The van der Waals surface area contributed by atoms with E-state index < -0.39 is 0 Å². The molecule has 1 amide bonds. The van der Waals surface area contributed by atoms with Crippen molar-refractivity contribution in [3.63, 3.8) is 0 Å². The molecule has 1 aliphatic rings. The Bertz CT molecular complexity index is 1240. The highest BCUT2D eigenvalue weighted by Gasteiger charge is 2.23. The van der Waals surface area contributed by atoms with Crippen molar-refractivity contribution in [2.24, 2.45) is 0 Å². The molecular weight excluding hydrogens is 402 g/mol. The number of hydrogen-bond donors (Lipinski definition) is 3. The summed E-state index contributed by atoms with van der Waals surface area (Å²) in [5.74, 6) is 0.809. The Kier molecular flexibility index (Phi) is 5.36. The second kappa shape index (κ2) is 8.47. The van der Waals surface area contributed by atoms with Gasteiger partial charge in [0.05, 0.1) is 17.4 Å². The normalized spacial score (nSPS) is 14.8.